The first-order valence-electron chi connectivity index (χ1n) is 5.44. The third kappa shape index (κ3) is 2.52. The highest BCUT2D eigenvalue weighted by atomic mass is 32.2. The van der Waals surface area contributed by atoms with Crippen molar-refractivity contribution in [1.82, 2.24) is 4.31 Å². The number of hydrogen-bond acceptors (Lipinski definition) is 5. The molecule has 0 bridgehead atoms. The summed E-state index contributed by atoms with van der Waals surface area (Å²) in [4.78, 5) is 0. The molecule has 6 nitrogen and oxygen atoms in total. The second-order valence-electron chi connectivity index (χ2n) is 3.97. The summed E-state index contributed by atoms with van der Waals surface area (Å²) in [5.74, 6) is 0.463. The Morgan fingerprint density at radius 1 is 1.53 bits per heavy atom. The predicted octanol–water partition coefficient (Wildman–Crippen LogP) is 0.148. The Morgan fingerprint density at radius 3 is 2.88 bits per heavy atom. The summed E-state index contributed by atoms with van der Waals surface area (Å²) in [6.07, 6.45) is -0.0949. The number of furan rings is 1. The molecule has 1 fully saturated rings. The van der Waals surface area contributed by atoms with Crippen LogP contribution in [-0.4, -0.2) is 38.5 Å². The normalized spacial score (nSPS) is 22.8. The Labute approximate surface area is 100 Å². The number of nitrogens with two attached hydrogens (primary N) is 1. The van der Waals surface area contributed by atoms with Crippen LogP contribution < -0.4 is 5.73 Å². The molecule has 17 heavy (non-hydrogen) atoms. The molecule has 2 N–H and O–H groups in total. The van der Waals surface area contributed by atoms with E-state index in [1.54, 1.807) is 6.07 Å². The standard InChI is InChI=1S/C10H16N2O4S/c1-8-7-12(4-5-15-8)17(13,14)10-3-2-9(6-11)16-10/h2-3,8H,4-7,11H2,1H3. The molecular weight excluding hydrogens is 244 g/mol. The lowest BCUT2D eigenvalue weighted by atomic mass is 10.3. The van der Waals surface area contributed by atoms with Crippen LogP contribution in [-0.2, 0) is 21.3 Å². The monoisotopic (exact) mass is 260 g/mol. The molecular formula is C10H16N2O4S. The molecule has 1 aromatic rings. The zero-order chi connectivity index (χ0) is 12.5. The Bertz CT molecular complexity index is 482. The highest BCUT2D eigenvalue weighted by Crippen LogP contribution is 2.20. The summed E-state index contributed by atoms with van der Waals surface area (Å²) in [5.41, 5.74) is 5.38. The molecule has 2 heterocycles. The van der Waals surface area contributed by atoms with Crippen molar-refractivity contribution >= 4 is 10.0 Å². The largest absolute Gasteiger partial charge is 0.447 e. The topological polar surface area (TPSA) is 85.8 Å². The van der Waals surface area contributed by atoms with Crippen LogP contribution in [0.1, 0.15) is 12.7 Å². The summed E-state index contributed by atoms with van der Waals surface area (Å²) in [6, 6.07) is 3.02. The van der Waals surface area contributed by atoms with E-state index in [1.165, 1.54) is 10.4 Å². The molecule has 1 atom stereocenters. The van der Waals surface area contributed by atoms with Crippen molar-refractivity contribution in [1.29, 1.82) is 0 Å². The van der Waals surface area contributed by atoms with Crippen LogP contribution in [0.25, 0.3) is 0 Å². The SMILES string of the molecule is CC1CN(S(=O)(=O)c2ccc(CN)o2)CCO1. The Morgan fingerprint density at radius 2 is 2.29 bits per heavy atom. The van der Waals surface area contributed by atoms with E-state index in [1.807, 2.05) is 6.92 Å². The van der Waals surface area contributed by atoms with E-state index >= 15 is 0 Å². The van der Waals surface area contributed by atoms with Gasteiger partial charge < -0.3 is 14.9 Å². The molecule has 0 aromatic carbocycles. The maximum atomic E-state index is 12.2. The Hall–Kier alpha value is -0.890. The molecule has 0 saturated carbocycles. The number of nitrogens with zero attached hydrogens (tertiary/aromatic N) is 1. The Balaban J connectivity index is 2.23. The molecule has 1 aliphatic rings. The first kappa shape index (κ1) is 12.6. The van der Waals surface area contributed by atoms with Gasteiger partial charge in [0.15, 0.2) is 0 Å². The van der Waals surface area contributed by atoms with Gasteiger partial charge in [-0.2, -0.15) is 4.31 Å². The molecule has 96 valence electrons. The first-order valence-corrected chi connectivity index (χ1v) is 6.88. The van der Waals surface area contributed by atoms with E-state index in [0.29, 0.717) is 25.5 Å². The first-order chi connectivity index (χ1) is 8.04. The molecule has 1 aromatic heterocycles. The van der Waals surface area contributed by atoms with E-state index in [4.69, 9.17) is 14.9 Å². The van der Waals surface area contributed by atoms with Gasteiger partial charge in [0.1, 0.15) is 5.76 Å². The minimum absolute atomic E-state index is 0.0490. The molecule has 1 unspecified atom stereocenters. The third-order valence-electron chi connectivity index (χ3n) is 2.64. The third-order valence-corrected chi connectivity index (χ3v) is 4.38. The van der Waals surface area contributed by atoms with Gasteiger partial charge >= 0.3 is 0 Å². The molecule has 0 radical (unpaired) electrons. The Kier molecular flexibility index (Phi) is 3.53. The molecule has 1 aliphatic heterocycles. The van der Waals surface area contributed by atoms with Gasteiger partial charge in [0.2, 0.25) is 5.09 Å². The maximum Gasteiger partial charge on any atom is 0.276 e. The molecule has 0 aliphatic carbocycles. The number of ether oxygens (including phenoxy) is 1. The second kappa shape index (κ2) is 4.77. The van der Waals surface area contributed by atoms with Crippen molar-refractivity contribution in [2.45, 2.75) is 24.7 Å². The van der Waals surface area contributed by atoms with Gasteiger partial charge in [-0.3, -0.25) is 0 Å². The van der Waals surface area contributed by atoms with Crippen molar-refractivity contribution in [3.8, 4) is 0 Å². The average Bonchev–Trinajstić information content (AvgIpc) is 2.78. The van der Waals surface area contributed by atoms with Gasteiger partial charge in [0.25, 0.3) is 10.0 Å². The fourth-order valence-corrected chi connectivity index (χ4v) is 3.17. The molecule has 1 saturated heterocycles. The lowest BCUT2D eigenvalue weighted by Gasteiger charge is -2.29. The van der Waals surface area contributed by atoms with Crippen LogP contribution >= 0.6 is 0 Å². The van der Waals surface area contributed by atoms with E-state index in [2.05, 4.69) is 0 Å². The summed E-state index contributed by atoms with van der Waals surface area (Å²) in [5, 5.41) is -0.0490. The van der Waals surface area contributed by atoms with Gasteiger partial charge in [-0.1, -0.05) is 0 Å². The summed E-state index contributed by atoms with van der Waals surface area (Å²) in [7, 11) is -3.55. The zero-order valence-corrected chi connectivity index (χ0v) is 10.4. The highest BCUT2D eigenvalue weighted by molar-refractivity contribution is 7.89. The van der Waals surface area contributed by atoms with Gasteiger partial charge in [0.05, 0.1) is 19.3 Å². The van der Waals surface area contributed by atoms with Crippen LogP contribution in [0.2, 0.25) is 0 Å². The second-order valence-corrected chi connectivity index (χ2v) is 5.84. The van der Waals surface area contributed by atoms with Crippen LogP contribution in [0.15, 0.2) is 21.6 Å². The number of sulfonamides is 1. The van der Waals surface area contributed by atoms with Crippen molar-refractivity contribution < 1.29 is 17.6 Å². The summed E-state index contributed by atoms with van der Waals surface area (Å²) < 4.78 is 36.3. The summed E-state index contributed by atoms with van der Waals surface area (Å²) >= 11 is 0. The van der Waals surface area contributed by atoms with E-state index in [-0.39, 0.29) is 17.7 Å². The molecule has 0 spiro atoms. The van der Waals surface area contributed by atoms with E-state index < -0.39 is 10.0 Å². The van der Waals surface area contributed by atoms with Gasteiger partial charge in [-0.15, -0.1) is 0 Å². The average molecular weight is 260 g/mol. The minimum Gasteiger partial charge on any atom is -0.447 e. The van der Waals surface area contributed by atoms with Crippen LogP contribution in [0, 0.1) is 0 Å². The predicted molar refractivity (Wildman–Crippen MR) is 60.8 cm³/mol. The summed E-state index contributed by atoms with van der Waals surface area (Å²) in [6.45, 7) is 3.14. The number of morpholine rings is 1. The van der Waals surface area contributed by atoms with Crippen LogP contribution in [0.3, 0.4) is 0 Å². The van der Waals surface area contributed by atoms with Crippen molar-refractivity contribution in [2.24, 2.45) is 5.73 Å². The van der Waals surface area contributed by atoms with Crippen molar-refractivity contribution in [3.05, 3.63) is 17.9 Å². The van der Waals surface area contributed by atoms with Crippen LogP contribution in [0.4, 0.5) is 0 Å². The molecule has 2 rings (SSSR count). The quantitative estimate of drug-likeness (QED) is 0.836. The number of rotatable bonds is 3. The molecule has 7 heteroatoms. The van der Waals surface area contributed by atoms with Gasteiger partial charge in [-0.05, 0) is 19.1 Å². The zero-order valence-electron chi connectivity index (χ0n) is 9.63. The smallest absolute Gasteiger partial charge is 0.276 e. The number of hydrogen-bond donors (Lipinski definition) is 1. The van der Waals surface area contributed by atoms with Crippen LogP contribution in [0.5, 0.6) is 0 Å². The maximum absolute atomic E-state index is 12.2. The van der Waals surface area contributed by atoms with Crippen molar-refractivity contribution in [3.63, 3.8) is 0 Å². The molecule has 0 amide bonds. The fraction of sp³-hybridized carbons (Fsp3) is 0.600. The lowest BCUT2D eigenvalue weighted by Crippen LogP contribution is -2.44. The van der Waals surface area contributed by atoms with Gasteiger partial charge in [0, 0.05) is 13.1 Å². The fourth-order valence-electron chi connectivity index (χ4n) is 1.74. The highest BCUT2D eigenvalue weighted by Gasteiger charge is 2.31. The van der Waals surface area contributed by atoms with E-state index in [9.17, 15) is 8.42 Å². The minimum atomic E-state index is -3.55. The van der Waals surface area contributed by atoms with E-state index in [0.717, 1.165) is 0 Å². The van der Waals surface area contributed by atoms with Gasteiger partial charge in [-0.25, -0.2) is 8.42 Å². The van der Waals surface area contributed by atoms with Crippen molar-refractivity contribution in [2.75, 3.05) is 19.7 Å². The lowest BCUT2D eigenvalue weighted by molar-refractivity contribution is 0.00975.